The van der Waals surface area contributed by atoms with Crippen molar-refractivity contribution in [2.24, 2.45) is 0 Å². The Labute approximate surface area is 181 Å². The number of benzene rings is 2. The Morgan fingerprint density at radius 2 is 2.00 bits per heavy atom. The number of halogens is 1. The molecule has 0 aliphatic carbocycles. The van der Waals surface area contributed by atoms with Gasteiger partial charge in [-0.3, -0.25) is 9.89 Å². The fourth-order valence-electron chi connectivity index (χ4n) is 4.10. The van der Waals surface area contributed by atoms with Crippen LogP contribution in [0, 0.1) is 0 Å². The summed E-state index contributed by atoms with van der Waals surface area (Å²) in [6, 6.07) is 14.7. The van der Waals surface area contributed by atoms with Gasteiger partial charge in [0.25, 0.3) is 5.91 Å². The van der Waals surface area contributed by atoms with E-state index in [0.717, 1.165) is 47.5 Å². The van der Waals surface area contributed by atoms with Crippen LogP contribution >= 0.6 is 12.4 Å². The molecule has 0 spiro atoms. The van der Waals surface area contributed by atoms with E-state index in [1.807, 2.05) is 0 Å². The Kier molecular flexibility index (Phi) is 5.79. The summed E-state index contributed by atoms with van der Waals surface area (Å²) < 4.78 is 5.78. The lowest BCUT2D eigenvalue weighted by atomic mass is 10.00. The molecule has 0 saturated carbocycles. The average Bonchev–Trinajstić information content (AvgIpc) is 3.34. The summed E-state index contributed by atoms with van der Waals surface area (Å²) in [5.74, 6) is 0.861. The second kappa shape index (κ2) is 8.50. The van der Waals surface area contributed by atoms with Crippen LogP contribution in [0.1, 0.15) is 39.8 Å². The molecule has 0 radical (unpaired) electrons. The van der Waals surface area contributed by atoms with E-state index >= 15 is 0 Å². The van der Waals surface area contributed by atoms with Gasteiger partial charge in [-0.1, -0.05) is 30.3 Å². The van der Waals surface area contributed by atoms with Crippen LogP contribution in [0.25, 0.3) is 11.1 Å². The van der Waals surface area contributed by atoms with Gasteiger partial charge >= 0.3 is 0 Å². The molecule has 30 heavy (non-hydrogen) atoms. The van der Waals surface area contributed by atoms with Crippen LogP contribution in [-0.4, -0.2) is 28.8 Å². The lowest BCUT2D eigenvalue weighted by Crippen LogP contribution is -2.28. The van der Waals surface area contributed by atoms with Gasteiger partial charge in [0.05, 0.1) is 0 Å². The minimum absolute atomic E-state index is 0. The summed E-state index contributed by atoms with van der Waals surface area (Å²) in [4.78, 5) is 12.5. The van der Waals surface area contributed by atoms with Crippen LogP contribution in [0.2, 0.25) is 0 Å². The topological polar surface area (TPSA) is 79.0 Å². The lowest BCUT2D eigenvalue weighted by molar-refractivity contribution is 0.0944. The molecule has 7 heteroatoms. The molecule has 0 fully saturated rings. The van der Waals surface area contributed by atoms with E-state index in [1.54, 1.807) is 0 Å². The molecule has 156 valence electrons. The summed E-state index contributed by atoms with van der Waals surface area (Å²) in [7, 11) is 0. The van der Waals surface area contributed by atoms with E-state index in [9.17, 15) is 4.79 Å². The van der Waals surface area contributed by atoms with Crippen LogP contribution in [0.4, 0.5) is 0 Å². The van der Waals surface area contributed by atoms with Gasteiger partial charge < -0.3 is 15.4 Å². The molecule has 3 aromatic rings. The lowest BCUT2D eigenvalue weighted by Gasteiger charge is -2.13. The van der Waals surface area contributed by atoms with Crippen LogP contribution < -0.4 is 15.4 Å². The molecule has 0 bridgehead atoms. The van der Waals surface area contributed by atoms with Crippen molar-refractivity contribution >= 4 is 18.3 Å². The molecular weight excluding hydrogens is 400 g/mol. The van der Waals surface area contributed by atoms with Gasteiger partial charge in [-0.25, -0.2) is 0 Å². The zero-order chi connectivity index (χ0) is 19.8. The van der Waals surface area contributed by atoms with E-state index in [0.29, 0.717) is 18.8 Å². The number of aromatic nitrogens is 2. The Bertz CT molecular complexity index is 1060. The van der Waals surface area contributed by atoms with Crippen LogP contribution in [0.5, 0.6) is 5.75 Å². The monoisotopic (exact) mass is 424 g/mol. The first-order valence-electron chi connectivity index (χ1n) is 10.1. The van der Waals surface area contributed by atoms with Gasteiger partial charge in [0.15, 0.2) is 5.69 Å². The predicted octanol–water partition coefficient (Wildman–Crippen LogP) is 3.40. The zero-order valence-electron chi connectivity index (χ0n) is 16.8. The molecule has 2 aromatic carbocycles. The number of fused-ring (bicyclic) bond motifs is 2. The smallest absolute Gasteiger partial charge is 0.272 e. The molecule has 1 amide bonds. The summed E-state index contributed by atoms with van der Waals surface area (Å²) >= 11 is 0. The number of nitrogens with one attached hydrogen (secondary N) is 3. The Hall–Kier alpha value is -2.83. The third-order valence-electron chi connectivity index (χ3n) is 5.66. The van der Waals surface area contributed by atoms with Gasteiger partial charge in [-0.2, -0.15) is 5.10 Å². The second-order valence-electron chi connectivity index (χ2n) is 7.79. The first-order valence-corrected chi connectivity index (χ1v) is 10.1. The third kappa shape index (κ3) is 3.93. The van der Waals surface area contributed by atoms with E-state index < -0.39 is 0 Å². The fraction of sp³-hybridized carbons (Fsp3) is 0.304. The highest BCUT2D eigenvalue weighted by atomic mass is 35.5. The number of nitrogens with zero attached hydrogens (tertiary/aromatic N) is 1. The van der Waals surface area contributed by atoms with Crippen molar-refractivity contribution in [1.29, 1.82) is 0 Å². The summed E-state index contributed by atoms with van der Waals surface area (Å²) in [5, 5.41) is 13.5. The van der Waals surface area contributed by atoms with Gasteiger partial charge in [-0.05, 0) is 41.3 Å². The normalized spacial score (nSPS) is 16.8. The minimum Gasteiger partial charge on any atom is -0.490 e. The van der Waals surface area contributed by atoms with Crippen molar-refractivity contribution in [3.8, 4) is 16.9 Å². The molecule has 3 N–H and O–H groups in total. The Morgan fingerprint density at radius 3 is 2.83 bits per heavy atom. The second-order valence-corrected chi connectivity index (χ2v) is 7.79. The number of carbonyl (C=O) groups excluding carboxylic acids is 1. The molecule has 2 aliphatic rings. The van der Waals surface area contributed by atoms with Crippen molar-refractivity contribution in [2.45, 2.75) is 39.0 Å². The highest BCUT2D eigenvalue weighted by molar-refractivity contribution is 5.94. The molecular formula is C23H25ClN4O2. The predicted molar refractivity (Wildman–Crippen MR) is 118 cm³/mol. The average molecular weight is 425 g/mol. The van der Waals surface area contributed by atoms with Gasteiger partial charge in [0.2, 0.25) is 0 Å². The molecule has 5 rings (SSSR count). The van der Waals surface area contributed by atoms with Gasteiger partial charge in [0.1, 0.15) is 11.9 Å². The standard InChI is InChI=1S/C23H24N4O2.ClH/c1-14-10-18-11-17(6-7-21(18)29-14)16-4-2-15(3-5-16)12-25-23(28)22-19-13-24-9-8-20(19)26-27-22;/h2-7,11,14,24H,8-10,12-13H2,1H3,(H,25,28)(H,26,27);1H. The summed E-state index contributed by atoms with van der Waals surface area (Å²) in [6.07, 6.45) is 2.09. The Balaban J connectivity index is 0.00000218. The van der Waals surface area contributed by atoms with E-state index in [4.69, 9.17) is 4.74 Å². The number of carbonyl (C=O) groups is 1. The number of H-pyrrole nitrogens is 1. The van der Waals surface area contributed by atoms with Gasteiger partial charge in [0, 0.05) is 43.7 Å². The van der Waals surface area contributed by atoms with E-state index in [-0.39, 0.29) is 24.4 Å². The largest absolute Gasteiger partial charge is 0.490 e. The number of ether oxygens (including phenoxy) is 1. The highest BCUT2D eigenvalue weighted by Gasteiger charge is 2.21. The maximum absolute atomic E-state index is 12.5. The number of hydrogen-bond acceptors (Lipinski definition) is 4. The van der Waals surface area contributed by atoms with Crippen molar-refractivity contribution < 1.29 is 9.53 Å². The molecule has 1 atom stereocenters. The molecule has 1 unspecified atom stereocenters. The van der Waals surface area contributed by atoms with E-state index in [2.05, 4.69) is 70.2 Å². The fourth-order valence-corrected chi connectivity index (χ4v) is 4.10. The minimum atomic E-state index is -0.136. The molecule has 1 aromatic heterocycles. The molecule has 0 saturated heterocycles. The quantitative estimate of drug-likeness (QED) is 0.599. The SMILES string of the molecule is CC1Cc2cc(-c3ccc(CNC(=O)c4n[nH]c5c4CNCC5)cc3)ccc2O1.Cl. The van der Waals surface area contributed by atoms with Crippen LogP contribution in [0.15, 0.2) is 42.5 Å². The summed E-state index contributed by atoms with van der Waals surface area (Å²) in [5.41, 5.74) is 7.22. The van der Waals surface area contributed by atoms with Crippen molar-refractivity contribution in [1.82, 2.24) is 20.8 Å². The van der Waals surface area contributed by atoms with Gasteiger partial charge in [-0.15, -0.1) is 12.4 Å². The highest BCUT2D eigenvalue weighted by Crippen LogP contribution is 2.32. The number of hydrogen-bond donors (Lipinski definition) is 3. The van der Waals surface area contributed by atoms with Crippen molar-refractivity contribution in [3.63, 3.8) is 0 Å². The third-order valence-corrected chi connectivity index (χ3v) is 5.66. The first kappa shape index (κ1) is 20.4. The zero-order valence-corrected chi connectivity index (χ0v) is 17.6. The van der Waals surface area contributed by atoms with Crippen molar-refractivity contribution in [3.05, 3.63) is 70.5 Å². The maximum Gasteiger partial charge on any atom is 0.272 e. The molecule has 6 nitrogen and oxygen atoms in total. The number of rotatable bonds is 4. The van der Waals surface area contributed by atoms with Crippen LogP contribution in [0.3, 0.4) is 0 Å². The molecule has 2 aliphatic heterocycles. The Morgan fingerprint density at radius 1 is 1.20 bits per heavy atom. The summed E-state index contributed by atoms with van der Waals surface area (Å²) in [6.45, 7) is 4.18. The van der Waals surface area contributed by atoms with E-state index in [1.165, 1.54) is 11.1 Å². The maximum atomic E-state index is 12.5. The number of aromatic amines is 1. The van der Waals surface area contributed by atoms with Crippen molar-refractivity contribution in [2.75, 3.05) is 6.54 Å². The van der Waals surface area contributed by atoms with Crippen LogP contribution in [-0.2, 0) is 25.9 Å². The first-order chi connectivity index (χ1) is 14.2. The number of amides is 1. The molecule has 3 heterocycles.